The van der Waals surface area contributed by atoms with Gasteiger partial charge in [-0.25, -0.2) is 0 Å². The lowest BCUT2D eigenvalue weighted by Gasteiger charge is -2.09. The smallest absolute Gasteiger partial charge is 0.239 e. The van der Waals surface area contributed by atoms with Crippen LogP contribution in [0.1, 0.15) is 15.2 Å². The molecule has 0 aliphatic heterocycles. The van der Waals surface area contributed by atoms with E-state index in [9.17, 15) is 9.59 Å². The number of anilines is 1. The van der Waals surface area contributed by atoms with Crippen molar-refractivity contribution >= 4 is 63.5 Å². The van der Waals surface area contributed by atoms with Crippen molar-refractivity contribution < 1.29 is 9.59 Å². The fourth-order valence-electron chi connectivity index (χ4n) is 1.58. The van der Waals surface area contributed by atoms with E-state index in [-0.39, 0.29) is 17.2 Å². The standard InChI is InChI=1S/C13H8Cl3NO2S/c14-6-11(18)17-10-2-1-7(15)5-8(10)12(19)13-9(16)3-4-20-13/h1-5H,6H2,(H,17,18). The maximum atomic E-state index is 12.5. The molecule has 0 fully saturated rings. The quantitative estimate of drug-likeness (QED) is 0.655. The normalized spacial score (nSPS) is 10.3. The van der Waals surface area contributed by atoms with Crippen molar-refractivity contribution in [3.63, 3.8) is 0 Å². The lowest BCUT2D eigenvalue weighted by Crippen LogP contribution is -2.15. The second kappa shape index (κ2) is 6.59. The van der Waals surface area contributed by atoms with Crippen LogP contribution in [0.15, 0.2) is 29.6 Å². The molecule has 3 nitrogen and oxygen atoms in total. The number of alkyl halides is 1. The summed E-state index contributed by atoms with van der Waals surface area (Å²) in [4.78, 5) is 24.2. The highest BCUT2D eigenvalue weighted by molar-refractivity contribution is 7.13. The molecule has 0 atom stereocenters. The van der Waals surface area contributed by atoms with Gasteiger partial charge in [0.15, 0.2) is 0 Å². The SMILES string of the molecule is O=C(CCl)Nc1ccc(Cl)cc1C(=O)c1sccc1Cl. The van der Waals surface area contributed by atoms with Crippen LogP contribution in [-0.2, 0) is 4.79 Å². The molecule has 1 amide bonds. The molecule has 0 saturated heterocycles. The number of carbonyl (C=O) groups excluding carboxylic acids is 2. The highest BCUT2D eigenvalue weighted by Gasteiger charge is 2.19. The van der Waals surface area contributed by atoms with E-state index >= 15 is 0 Å². The fraction of sp³-hybridized carbons (Fsp3) is 0.0769. The third-order valence-electron chi connectivity index (χ3n) is 2.45. The van der Waals surface area contributed by atoms with Crippen LogP contribution in [0.2, 0.25) is 10.0 Å². The lowest BCUT2D eigenvalue weighted by molar-refractivity contribution is -0.113. The predicted octanol–water partition coefficient (Wildman–Crippen LogP) is 4.46. The third kappa shape index (κ3) is 3.33. The van der Waals surface area contributed by atoms with Gasteiger partial charge in [-0.3, -0.25) is 9.59 Å². The molecule has 7 heteroatoms. The molecule has 2 aromatic rings. The maximum Gasteiger partial charge on any atom is 0.239 e. The van der Waals surface area contributed by atoms with Crippen LogP contribution in [0.3, 0.4) is 0 Å². The summed E-state index contributed by atoms with van der Waals surface area (Å²) < 4.78 is 0. The van der Waals surface area contributed by atoms with Gasteiger partial charge in [0, 0.05) is 10.6 Å². The molecule has 1 aromatic heterocycles. The van der Waals surface area contributed by atoms with Gasteiger partial charge in [-0.1, -0.05) is 23.2 Å². The summed E-state index contributed by atoms with van der Waals surface area (Å²) in [6, 6.07) is 6.27. The highest BCUT2D eigenvalue weighted by atomic mass is 35.5. The number of benzene rings is 1. The van der Waals surface area contributed by atoms with Crippen molar-refractivity contribution in [3.8, 4) is 0 Å². The summed E-state index contributed by atoms with van der Waals surface area (Å²) in [7, 11) is 0. The molecular formula is C13H8Cl3NO2S. The van der Waals surface area contributed by atoms with E-state index in [1.54, 1.807) is 23.6 Å². The van der Waals surface area contributed by atoms with Crippen molar-refractivity contribution in [3.05, 3.63) is 50.1 Å². The first-order chi connectivity index (χ1) is 9.52. The monoisotopic (exact) mass is 347 g/mol. The van der Waals surface area contributed by atoms with Gasteiger partial charge in [-0.05, 0) is 29.6 Å². The van der Waals surface area contributed by atoms with Crippen LogP contribution >= 0.6 is 46.1 Å². The van der Waals surface area contributed by atoms with Crippen LogP contribution in [0, 0.1) is 0 Å². The summed E-state index contributed by atoms with van der Waals surface area (Å²) in [5.74, 6) is -0.895. The van der Waals surface area contributed by atoms with Gasteiger partial charge in [-0.15, -0.1) is 22.9 Å². The number of nitrogens with one attached hydrogen (secondary N) is 1. The fourth-order valence-corrected chi connectivity index (χ4v) is 2.91. The molecule has 0 unspecified atom stereocenters. The Labute approximate surface area is 134 Å². The van der Waals surface area contributed by atoms with Gasteiger partial charge in [-0.2, -0.15) is 0 Å². The number of hydrogen-bond donors (Lipinski definition) is 1. The van der Waals surface area contributed by atoms with E-state index in [2.05, 4.69) is 5.32 Å². The molecule has 1 N–H and O–H groups in total. The summed E-state index contributed by atoms with van der Waals surface area (Å²) in [5, 5.41) is 5.04. The van der Waals surface area contributed by atoms with E-state index in [0.29, 0.717) is 20.6 Å². The molecule has 0 aliphatic carbocycles. The molecule has 0 bridgehead atoms. The van der Waals surface area contributed by atoms with Crippen molar-refractivity contribution in [2.75, 3.05) is 11.2 Å². The van der Waals surface area contributed by atoms with E-state index in [0.717, 1.165) is 0 Å². The molecule has 0 saturated carbocycles. The Morgan fingerprint density at radius 3 is 2.55 bits per heavy atom. The zero-order valence-electron chi connectivity index (χ0n) is 9.95. The van der Waals surface area contributed by atoms with Crippen LogP contribution in [0.5, 0.6) is 0 Å². The molecule has 20 heavy (non-hydrogen) atoms. The van der Waals surface area contributed by atoms with Crippen molar-refractivity contribution in [2.24, 2.45) is 0 Å². The third-order valence-corrected chi connectivity index (χ3v) is 4.26. The van der Waals surface area contributed by atoms with Gasteiger partial charge in [0.05, 0.1) is 15.6 Å². The van der Waals surface area contributed by atoms with Crippen molar-refractivity contribution in [1.82, 2.24) is 0 Å². The number of ketones is 1. The lowest BCUT2D eigenvalue weighted by atomic mass is 10.1. The average molecular weight is 349 g/mol. The van der Waals surface area contributed by atoms with Crippen LogP contribution in [0.4, 0.5) is 5.69 Å². The van der Waals surface area contributed by atoms with Crippen LogP contribution < -0.4 is 5.32 Å². The zero-order chi connectivity index (χ0) is 14.7. The number of hydrogen-bond acceptors (Lipinski definition) is 3. The van der Waals surface area contributed by atoms with Crippen LogP contribution in [-0.4, -0.2) is 17.6 Å². The Kier molecular flexibility index (Phi) is 5.05. The predicted molar refractivity (Wildman–Crippen MR) is 83.6 cm³/mol. The zero-order valence-corrected chi connectivity index (χ0v) is 13.0. The van der Waals surface area contributed by atoms with Gasteiger partial charge >= 0.3 is 0 Å². The Morgan fingerprint density at radius 2 is 1.95 bits per heavy atom. The van der Waals surface area contributed by atoms with Gasteiger partial charge in [0.25, 0.3) is 0 Å². The molecular weight excluding hydrogens is 341 g/mol. The molecule has 0 radical (unpaired) electrons. The molecule has 0 spiro atoms. The first-order valence-electron chi connectivity index (χ1n) is 5.46. The summed E-state index contributed by atoms with van der Waals surface area (Å²) in [6.07, 6.45) is 0. The number of halogens is 3. The first kappa shape index (κ1) is 15.3. The van der Waals surface area contributed by atoms with Crippen molar-refractivity contribution in [2.45, 2.75) is 0 Å². The average Bonchev–Trinajstić information content (AvgIpc) is 2.86. The van der Waals surface area contributed by atoms with Crippen molar-refractivity contribution in [1.29, 1.82) is 0 Å². The summed E-state index contributed by atoms with van der Waals surface area (Å²) in [6.45, 7) is 0. The molecule has 2 rings (SSSR count). The van der Waals surface area contributed by atoms with E-state index in [1.807, 2.05) is 0 Å². The Morgan fingerprint density at radius 1 is 1.20 bits per heavy atom. The Balaban J connectivity index is 2.44. The maximum absolute atomic E-state index is 12.5. The van der Waals surface area contributed by atoms with Crippen LogP contribution in [0.25, 0.3) is 0 Å². The molecule has 0 aliphatic rings. The number of rotatable bonds is 4. The number of carbonyl (C=O) groups is 2. The van der Waals surface area contributed by atoms with Gasteiger partial charge in [0.2, 0.25) is 11.7 Å². The molecule has 104 valence electrons. The minimum atomic E-state index is -0.402. The minimum absolute atomic E-state index is 0.198. The van der Waals surface area contributed by atoms with E-state index in [1.165, 1.54) is 17.4 Å². The Hall–Kier alpha value is -1.07. The van der Waals surface area contributed by atoms with Gasteiger partial charge < -0.3 is 5.32 Å². The van der Waals surface area contributed by atoms with E-state index < -0.39 is 5.91 Å². The number of thiophene rings is 1. The summed E-state index contributed by atoms with van der Waals surface area (Å²) in [5.41, 5.74) is 0.634. The Bertz CT molecular complexity index is 669. The molecule has 1 aromatic carbocycles. The van der Waals surface area contributed by atoms with Gasteiger partial charge in [0.1, 0.15) is 5.88 Å². The molecule has 1 heterocycles. The second-order valence-electron chi connectivity index (χ2n) is 3.80. The highest BCUT2D eigenvalue weighted by Crippen LogP contribution is 2.29. The summed E-state index contributed by atoms with van der Waals surface area (Å²) >= 11 is 18.5. The topological polar surface area (TPSA) is 46.2 Å². The number of amides is 1. The first-order valence-corrected chi connectivity index (χ1v) is 7.63. The van der Waals surface area contributed by atoms with E-state index in [4.69, 9.17) is 34.8 Å². The minimum Gasteiger partial charge on any atom is -0.324 e. The second-order valence-corrected chi connectivity index (χ2v) is 5.83. The largest absolute Gasteiger partial charge is 0.324 e.